The highest BCUT2D eigenvalue weighted by molar-refractivity contribution is 6.94. The van der Waals surface area contributed by atoms with E-state index < -0.39 is 0 Å². The summed E-state index contributed by atoms with van der Waals surface area (Å²) in [4.78, 5) is 4.77. The van der Waals surface area contributed by atoms with Gasteiger partial charge in [-0.3, -0.25) is 4.98 Å². The molecule has 0 N–H and O–H groups in total. The molecule has 1 aliphatic heterocycles. The van der Waals surface area contributed by atoms with Gasteiger partial charge in [0.05, 0.1) is 5.69 Å². The summed E-state index contributed by atoms with van der Waals surface area (Å²) in [6.07, 6.45) is 8.50. The van der Waals surface area contributed by atoms with Gasteiger partial charge in [-0.25, -0.2) is 0 Å². The number of hydrogen-bond donors (Lipinski definition) is 0. The van der Waals surface area contributed by atoms with Gasteiger partial charge in [-0.1, -0.05) is 101 Å². The maximum absolute atomic E-state index is 4.77. The maximum atomic E-state index is 4.77. The van der Waals surface area contributed by atoms with Crippen LogP contribution >= 0.6 is 0 Å². The molecule has 172 valence electrons. The van der Waals surface area contributed by atoms with E-state index in [1.165, 1.54) is 57.1 Å². The maximum Gasteiger partial charge on any atom is 0.245 e. The van der Waals surface area contributed by atoms with Gasteiger partial charge in [0.25, 0.3) is 0 Å². The summed E-state index contributed by atoms with van der Waals surface area (Å²) in [6.45, 7) is 25.8. The summed E-state index contributed by atoms with van der Waals surface area (Å²) in [5, 5.41) is 0. The van der Waals surface area contributed by atoms with Crippen molar-refractivity contribution in [1.82, 2.24) is 4.98 Å². The van der Waals surface area contributed by atoms with Gasteiger partial charge in [0.2, 0.25) is 6.71 Å². The fourth-order valence-corrected chi connectivity index (χ4v) is 4.86. The molecule has 0 aliphatic carbocycles. The summed E-state index contributed by atoms with van der Waals surface area (Å²) in [7, 11) is 0. The van der Waals surface area contributed by atoms with E-state index in [0.717, 1.165) is 5.69 Å². The molecule has 2 heteroatoms. The van der Waals surface area contributed by atoms with Gasteiger partial charge >= 0.3 is 0 Å². The van der Waals surface area contributed by atoms with Crippen LogP contribution in [0.3, 0.4) is 0 Å². The Labute approximate surface area is 198 Å². The molecule has 1 nitrogen and oxygen atoms in total. The van der Waals surface area contributed by atoms with Crippen LogP contribution in [0.4, 0.5) is 0 Å². The van der Waals surface area contributed by atoms with E-state index >= 15 is 0 Å². The predicted molar refractivity (Wildman–Crippen MR) is 148 cm³/mol. The van der Waals surface area contributed by atoms with E-state index in [2.05, 4.69) is 78.5 Å². The van der Waals surface area contributed by atoms with E-state index in [-0.39, 0.29) is 6.71 Å². The third-order valence-corrected chi connectivity index (χ3v) is 6.40. The lowest BCUT2D eigenvalue weighted by Crippen LogP contribution is -2.45. The number of nitrogens with zero attached hydrogens (tertiary/aromatic N) is 1. The Bertz CT molecular complexity index is 938. The molecule has 1 aliphatic rings. The van der Waals surface area contributed by atoms with Gasteiger partial charge in [-0.05, 0) is 74.7 Å². The van der Waals surface area contributed by atoms with Gasteiger partial charge in [0, 0.05) is 6.20 Å². The molecule has 2 aromatic rings. The lowest BCUT2D eigenvalue weighted by Gasteiger charge is -2.21. The largest absolute Gasteiger partial charge is 0.257 e. The molecule has 0 amide bonds. The second-order valence-corrected chi connectivity index (χ2v) is 7.96. The number of pyridine rings is 1. The van der Waals surface area contributed by atoms with Crippen molar-refractivity contribution in [2.75, 3.05) is 0 Å². The molecule has 2 heterocycles. The van der Waals surface area contributed by atoms with Crippen LogP contribution in [0.1, 0.15) is 96.5 Å². The van der Waals surface area contributed by atoms with Gasteiger partial charge in [0.15, 0.2) is 0 Å². The fourth-order valence-electron chi connectivity index (χ4n) is 4.86. The van der Waals surface area contributed by atoms with Crippen molar-refractivity contribution in [2.24, 2.45) is 0 Å². The van der Waals surface area contributed by atoms with Crippen molar-refractivity contribution in [3.63, 3.8) is 0 Å². The molecule has 0 spiro atoms. The number of allylic oxidation sites excluding steroid dienone is 5. The van der Waals surface area contributed by atoms with Crippen LogP contribution < -0.4 is 10.9 Å². The highest BCUT2D eigenvalue weighted by Crippen LogP contribution is 2.33. The van der Waals surface area contributed by atoms with Gasteiger partial charge < -0.3 is 0 Å². The first kappa shape index (κ1) is 27.7. The van der Waals surface area contributed by atoms with E-state index in [0.29, 0.717) is 5.92 Å². The molecule has 0 saturated carbocycles. The molecule has 0 fully saturated rings. The van der Waals surface area contributed by atoms with Crippen molar-refractivity contribution >= 4 is 23.2 Å². The Morgan fingerprint density at radius 2 is 1.62 bits per heavy atom. The fraction of sp³-hybridized carbons (Fsp3) is 0.433. The SMILES string of the molecule is C=CC1=C(/C(C)=C\C)c2ncccc2B1c1c(C)cc(C(CC)CC)cc1C.CC.CC. The zero-order valence-electron chi connectivity index (χ0n) is 22.3. The molecule has 1 aromatic carbocycles. The molecule has 3 rings (SSSR count). The van der Waals surface area contributed by atoms with E-state index in [1.807, 2.05) is 40.0 Å². The first-order valence-corrected chi connectivity index (χ1v) is 12.5. The van der Waals surface area contributed by atoms with Gasteiger partial charge in [-0.2, -0.15) is 0 Å². The highest BCUT2D eigenvalue weighted by atomic mass is 14.7. The second-order valence-electron chi connectivity index (χ2n) is 7.96. The zero-order chi connectivity index (χ0) is 24.4. The van der Waals surface area contributed by atoms with Crippen LogP contribution in [0, 0.1) is 13.8 Å². The molecular formula is C30H44BN. The van der Waals surface area contributed by atoms with Crippen molar-refractivity contribution in [1.29, 1.82) is 0 Å². The van der Waals surface area contributed by atoms with Crippen molar-refractivity contribution in [3.05, 3.63) is 82.6 Å². The normalized spacial score (nSPS) is 12.7. The van der Waals surface area contributed by atoms with E-state index in [4.69, 9.17) is 4.98 Å². The van der Waals surface area contributed by atoms with Crippen molar-refractivity contribution < 1.29 is 0 Å². The first-order valence-electron chi connectivity index (χ1n) is 12.5. The Kier molecular flexibility index (Phi) is 11.5. The third kappa shape index (κ3) is 5.34. The number of aryl methyl sites for hydroxylation is 2. The monoisotopic (exact) mass is 429 g/mol. The first-order chi connectivity index (χ1) is 15.5. The molecule has 1 aromatic heterocycles. The van der Waals surface area contributed by atoms with Crippen LogP contribution in [0.2, 0.25) is 0 Å². The van der Waals surface area contributed by atoms with Gasteiger partial charge in [-0.15, -0.1) is 0 Å². The molecular weight excluding hydrogens is 385 g/mol. The summed E-state index contributed by atoms with van der Waals surface area (Å²) >= 11 is 0. The molecule has 0 unspecified atom stereocenters. The Balaban J connectivity index is 0.00000121. The molecule has 0 radical (unpaired) electrons. The Hall–Kier alpha value is -2.35. The van der Waals surface area contributed by atoms with Crippen LogP contribution in [-0.2, 0) is 0 Å². The lowest BCUT2D eigenvalue weighted by atomic mass is 9.36. The van der Waals surface area contributed by atoms with Crippen molar-refractivity contribution in [3.8, 4) is 0 Å². The highest BCUT2D eigenvalue weighted by Gasteiger charge is 2.37. The molecule has 0 saturated heterocycles. The van der Waals surface area contributed by atoms with Crippen LogP contribution in [0.25, 0.3) is 5.57 Å². The second kappa shape index (κ2) is 13.3. The summed E-state index contributed by atoms with van der Waals surface area (Å²) in [5.74, 6) is 0.638. The van der Waals surface area contributed by atoms with Crippen molar-refractivity contribution in [2.45, 2.75) is 88.0 Å². The molecule has 0 bridgehead atoms. The van der Waals surface area contributed by atoms with Crippen LogP contribution in [0.15, 0.2) is 60.2 Å². The van der Waals surface area contributed by atoms with Crippen LogP contribution in [-0.4, -0.2) is 11.7 Å². The van der Waals surface area contributed by atoms with E-state index in [1.54, 1.807) is 0 Å². The topological polar surface area (TPSA) is 12.9 Å². The number of benzene rings is 1. The third-order valence-electron chi connectivity index (χ3n) is 6.40. The molecule has 32 heavy (non-hydrogen) atoms. The average Bonchev–Trinajstić information content (AvgIpc) is 3.15. The average molecular weight is 430 g/mol. The Morgan fingerprint density at radius 1 is 1.06 bits per heavy atom. The number of hydrogen-bond acceptors (Lipinski definition) is 1. The minimum absolute atomic E-state index is 0.210. The number of fused-ring (bicyclic) bond motifs is 1. The predicted octanol–water partition coefficient (Wildman–Crippen LogP) is 7.72. The minimum atomic E-state index is 0.210. The number of aromatic nitrogens is 1. The standard InChI is InChI=1S/C26H32BN.2C2H6/c1-8-17(5)24-22(11-4)27(23-13-12-14-28-26(23)24)25-18(6)15-21(16-19(25)7)20(9-2)10-3;2*1-2/h8,11-16,20H,4,9-10H2,1-3,5-7H3;2*1-2H3/b17-8-;;. The zero-order valence-corrected chi connectivity index (χ0v) is 22.3. The summed E-state index contributed by atoms with van der Waals surface area (Å²) in [5.41, 5.74) is 11.9. The van der Waals surface area contributed by atoms with E-state index in [9.17, 15) is 0 Å². The molecule has 0 atom stereocenters. The Morgan fingerprint density at radius 3 is 2.09 bits per heavy atom. The van der Waals surface area contributed by atoms with Crippen LogP contribution in [0.5, 0.6) is 0 Å². The summed E-state index contributed by atoms with van der Waals surface area (Å²) in [6, 6.07) is 9.12. The summed E-state index contributed by atoms with van der Waals surface area (Å²) < 4.78 is 0. The lowest BCUT2D eigenvalue weighted by molar-refractivity contribution is 0.641. The quantitative estimate of drug-likeness (QED) is 0.428. The van der Waals surface area contributed by atoms with Gasteiger partial charge in [0.1, 0.15) is 0 Å². The number of rotatable bonds is 6. The minimum Gasteiger partial charge on any atom is -0.257 e. The smallest absolute Gasteiger partial charge is 0.245 e.